The van der Waals surface area contributed by atoms with E-state index in [4.69, 9.17) is 10.3 Å². The number of rotatable bonds is 5. The van der Waals surface area contributed by atoms with Gasteiger partial charge in [0.2, 0.25) is 0 Å². The first-order valence-electron chi connectivity index (χ1n) is 8.13. The highest BCUT2D eigenvalue weighted by Gasteiger charge is 2.39. The quantitative estimate of drug-likeness (QED) is 0.701. The fourth-order valence-corrected chi connectivity index (χ4v) is 3.61. The van der Waals surface area contributed by atoms with Gasteiger partial charge in [-0.15, -0.1) is 11.8 Å². The summed E-state index contributed by atoms with van der Waals surface area (Å²) in [4.78, 5) is 5.71. The first kappa shape index (κ1) is 15.4. The van der Waals surface area contributed by atoms with Crippen LogP contribution < -0.4 is 5.73 Å². The second-order valence-electron chi connectivity index (χ2n) is 6.23. The van der Waals surface area contributed by atoms with Crippen molar-refractivity contribution in [2.45, 2.75) is 35.4 Å². The van der Waals surface area contributed by atoms with Crippen LogP contribution in [0.25, 0.3) is 11.5 Å². The molecule has 3 aromatic rings. The second-order valence-corrected chi connectivity index (χ2v) is 7.28. The van der Waals surface area contributed by atoms with Crippen molar-refractivity contribution in [1.29, 1.82) is 0 Å². The highest BCUT2D eigenvalue weighted by atomic mass is 32.2. The van der Waals surface area contributed by atoms with E-state index in [2.05, 4.69) is 46.5 Å². The molecule has 0 aliphatic heterocycles. The van der Waals surface area contributed by atoms with Crippen molar-refractivity contribution in [2.75, 3.05) is 0 Å². The molecule has 5 heteroatoms. The van der Waals surface area contributed by atoms with Gasteiger partial charge in [0.15, 0.2) is 5.82 Å². The summed E-state index contributed by atoms with van der Waals surface area (Å²) in [5.41, 5.74) is 8.12. The van der Waals surface area contributed by atoms with Crippen molar-refractivity contribution >= 4 is 11.8 Å². The molecule has 0 bridgehead atoms. The third-order valence-corrected chi connectivity index (χ3v) is 5.55. The van der Waals surface area contributed by atoms with E-state index in [9.17, 15) is 0 Å². The Bertz CT molecular complexity index is 810. The topological polar surface area (TPSA) is 64.9 Å². The van der Waals surface area contributed by atoms with Crippen molar-refractivity contribution < 1.29 is 4.52 Å². The van der Waals surface area contributed by atoms with Gasteiger partial charge in [-0.3, -0.25) is 0 Å². The van der Waals surface area contributed by atoms with Gasteiger partial charge in [-0.05, 0) is 49.1 Å². The van der Waals surface area contributed by atoms with Gasteiger partial charge in [0.05, 0.1) is 5.54 Å². The van der Waals surface area contributed by atoms with Gasteiger partial charge >= 0.3 is 0 Å². The molecular formula is C19H19N3OS. The highest BCUT2D eigenvalue weighted by molar-refractivity contribution is 7.98. The average molecular weight is 337 g/mol. The molecule has 0 radical (unpaired) electrons. The molecule has 1 heterocycles. The molecule has 1 aliphatic carbocycles. The van der Waals surface area contributed by atoms with Crippen LogP contribution in [0.15, 0.2) is 64.0 Å². The third kappa shape index (κ3) is 3.09. The zero-order valence-corrected chi connectivity index (χ0v) is 14.1. The smallest absolute Gasteiger partial charge is 0.257 e. The number of hydrogen-bond donors (Lipinski definition) is 1. The fraction of sp³-hybridized carbons (Fsp3) is 0.263. The van der Waals surface area contributed by atoms with Crippen molar-refractivity contribution in [2.24, 2.45) is 5.73 Å². The van der Waals surface area contributed by atoms with Crippen molar-refractivity contribution in [3.8, 4) is 11.5 Å². The Kier molecular flexibility index (Phi) is 4.12. The molecule has 1 aliphatic rings. The van der Waals surface area contributed by atoms with Crippen molar-refractivity contribution in [3.63, 3.8) is 0 Å². The number of nitrogens with zero attached hydrogens (tertiary/aromatic N) is 2. The van der Waals surface area contributed by atoms with Gasteiger partial charge in [-0.2, -0.15) is 4.98 Å². The van der Waals surface area contributed by atoms with Crippen LogP contribution in [-0.4, -0.2) is 10.1 Å². The minimum absolute atomic E-state index is 0.382. The summed E-state index contributed by atoms with van der Waals surface area (Å²) in [6.45, 7) is 0. The Hall–Kier alpha value is -2.11. The number of aromatic nitrogens is 2. The molecule has 1 saturated carbocycles. The van der Waals surface area contributed by atoms with Gasteiger partial charge in [0.25, 0.3) is 5.89 Å². The average Bonchev–Trinajstić information content (AvgIpc) is 3.10. The zero-order valence-electron chi connectivity index (χ0n) is 13.3. The molecule has 4 nitrogen and oxygen atoms in total. The molecular weight excluding hydrogens is 318 g/mol. The minimum Gasteiger partial charge on any atom is -0.334 e. The summed E-state index contributed by atoms with van der Waals surface area (Å²) in [5, 5.41) is 4.07. The SMILES string of the molecule is NC1(c2noc(-c3ccc(SCc4ccccc4)cc3)n2)CCC1. The molecule has 2 N–H and O–H groups in total. The summed E-state index contributed by atoms with van der Waals surface area (Å²) in [7, 11) is 0. The van der Waals surface area contributed by atoms with Crippen LogP contribution in [0.4, 0.5) is 0 Å². The van der Waals surface area contributed by atoms with E-state index in [0.29, 0.717) is 11.7 Å². The van der Waals surface area contributed by atoms with E-state index in [1.807, 2.05) is 30.0 Å². The van der Waals surface area contributed by atoms with Crippen LogP contribution in [0.1, 0.15) is 30.7 Å². The molecule has 2 aromatic carbocycles. The van der Waals surface area contributed by atoms with E-state index in [-0.39, 0.29) is 5.54 Å². The monoisotopic (exact) mass is 337 g/mol. The van der Waals surface area contributed by atoms with Crippen LogP contribution in [0.5, 0.6) is 0 Å². The Balaban J connectivity index is 1.44. The number of hydrogen-bond acceptors (Lipinski definition) is 5. The Labute approximate surface area is 145 Å². The van der Waals surface area contributed by atoms with E-state index < -0.39 is 0 Å². The zero-order chi connectivity index (χ0) is 16.4. The molecule has 24 heavy (non-hydrogen) atoms. The summed E-state index contributed by atoms with van der Waals surface area (Å²) in [6.07, 6.45) is 3.00. The molecule has 122 valence electrons. The molecule has 1 aromatic heterocycles. The molecule has 0 saturated heterocycles. The maximum Gasteiger partial charge on any atom is 0.257 e. The normalized spacial score (nSPS) is 15.9. The Morgan fingerprint density at radius 3 is 2.46 bits per heavy atom. The van der Waals surface area contributed by atoms with Crippen LogP contribution in [0.3, 0.4) is 0 Å². The Morgan fingerprint density at radius 2 is 1.79 bits per heavy atom. The molecule has 0 amide bonds. The third-order valence-electron chi connectivity index (χ3n) is 4.47. The summed E-state index contributed by atoms with van der Waals surface area (Å²) in [6, 6.07) is 18.7. The van der Waals surface area contributed by atoms with Gasteiger partial charge in [-0.1, -0.05) is 35.5 Å². The van der Waals surface area contributed by atoms with Gasteiger partial charge in [0.1, 0.15) is 0 Å². The Morgan fingerprint density at radius 1 is 1.04 bits per heavy atom. The highest BCUT2D eigenvalue weighted by Crippen LogP contribution is 2.37. The van der Waals surface area contributed by atoms with Gasteiger partial charge < -0.3 is 10.3 Å². The van der Waals surface area contributed by atoms with Crippen LogP contribution >= 0.6 is 11.8 Å². The number of nitrogens with two attached hydrogens (primary N) is 1. The first-order valence-corrected chi connectivity index (χ1v) is 9.12. The van der Waals surface area contributed by atoms with Gasteiger partial charge in [0, 0.05) is 16.2 Å². The number of benzene rings is 2. The first-order chi connectivity index (χ1) is 11.7. The predicted molar refractivity (Wildman–Crippen MR) is 95.5 cm³/mol. The predicted octanol–water partition coefficient (Wildman–Crippen LogP) is 4.37. The molecule has 0 atom stereocenters. The lowest BCUT2D eigenvalue weighted by Crippen LogP contribution is -2.44. The fourth-order valence-electron chi connectivity index (χ4n) is 2.76. The van der Waals surface area contributed by atoms with Crippen LogP contribution in [-0.2, 0) is 11.3 Å². The molecule has 4 rings (SSSR count). The number of thioether (sulfide) groups is 1. The maximum absolute atomic E-state index is 6.25. The second kappa shape index (κ2) is 6.42. The summed E-state index contributed by atoms with van der Waals surface area (Å²) >= 11 is 1.81. The maximum atomic E-state index is 6.25. The summed E-state index contributed by atoms with van der Waals surface area (Å²) < 4.78 is 5.39. The van der Waals surface area contributed by atoms with E-state index in [0.717, 1.165) is 30.6 Å². The van der Waals surface area contributed by atoms with Crippen molar-refractivity contribution in [3.05, 3.63) is 66.0 Å². The van der Waals surface area contributed by atoms with E-state index >= 15 is 0 Å². The summed E-state index contributed by atoms with van der Waals surface area (Å²) in [5.74, 6) is 2.13. The largest absolute Gasteiger partial charge is 0.334 e. The molecule has 1 fully saturated rings. The minimum atomic E-state index is -0.382. The van der Waals surface area contributed by atoms with Crippen molar-refractivity contribution in [1.82, 2.24) is 10.1 Å². The standard InChI is InChI=1S/C19H19N3OS/c20-19(11-4-12-19)18-21-17(23-22-18)15-7-9-16(10-8-15)24-13-14-5-2-1-3-6-14/h1-3,5-10H,4,11-13,20H2. The van der Waals surface area contributed by atoms with E-state index in [1.165, 1.54) is 10.5 Å². The van der Waals surface area contributed by atoms with Crippen LogP contribution in [0, 0.1) is 0 Å². The van der Waals surface area contributed by atoms with E-state index in [1.54, 1.807) is 0 Å². The lowest BCUT2D eigenvalue weighted by molar-refractivity contribution is 0.229. The molecule has 0 spiro atoms. The molecule has 0 unspecified atom stereocenters. The lowest BCUT2D eigenvalue weighted by Gasteiger charge is -2.34. The van der Waals surface area contributed by atoms with Gasteiger partial charge in [-0.25, -0.2) is 0 Å². The lowest BCUT2D eigenvalue weighted by atomic mass is 9.77. The van der Waals surface area contributed by atoms with Crippen LogP contribution in [0.2, 0.25) is 0 Å².